The van der Waals surface area contributed by atoms with Crippen LogP contribution in [0.25, 0.3) is 43.6 Å². The minimum absolute atomic E-state index is 0.00549. The number of pyridine rings is 2. The van der Waals surface area contributed by atoms with E-state index in [4.69, 9.17) is 14.2 Å². The van der Waals surface area contributed by atoms with Crippen LogP contribution in [-0.2, 0) is 50.1 Å². The van der Waals surface area contributed by atoms with E-state index < -0.39 is 18.2 Å². The van der Waals surface area contributed by atoms with Crippen LogP contribution in [-0.4, -0.2) is 316 Å². The quantitative estimate of drug-likeness (QED) is 0.0169. The van der Waals surface area contributed by atoms with Gasteiger partial charge in [-0.1, -0.05) is 127 Å². The number of benzene rings is 4. The summed E-state index contributed by atoms with van der Waals surface area (Å²) in [7, 11) is 9.68. The molecule has 0 unspecified atom stereocenters. The van der Waals surface area contributed by atoms with Crippen LogP contribution in [0.2, 0.25) is 0 Å². The number of rotatable bonds is 33. The maximum absolute atomic E-state index is 14.7. The average Bonchev–Trinajstić information content (AvgIpc) is 1.76. The summed E-state index contributed by atoms with van der Waals surface area (Å²) in [5, 5.41) is 19.2. The molecule has 4 aromatic carbocycles. The van der Waals surface area contributed by atoms with E-state index in [1.54, 1.807) is 60.4 Å². The van der Waals surface area contributed by atoms with Gasteiger partial charge in [-0.3, -0.25) is 33.5 Å². The molecule has 8 aromatic rings. The number of amides is 9. The first-order valence-electron chi connectivity index (χ1n) is 48.3. The highest BCUT2D eigenvalue weighted by molar-refractivity contribution is 5.90. The van der Waals surface area contributed by atoms with Crippen molar-refractivity contribution in [2.75, 3.05) is 166 Å². The molecular formula is C99H144N19O12+. The number of aromatic amines is 2. The van der Waals surface area contributed by atoms with Crippen molar-refractivity contribution in [3.8, 4) is 0 Å². The Morgan fingerprint density at radius 1 is 0.454 bits per heavy atom. The molecule has 6 aliphatic rings. The van der Waals surface area contributed by atoms with E-state index in [0.717, 1.165) is 226 Å². The van der Waals surface area contributed by atoms with Gasteiger partial charge in [-0.05, 0) is 173 Å². The Balaban J connectivity index is 0.000000225. The maximum atomic E-state index is 14.7. The highest BCUT2D eigenvalue weighted by Crippen LogP contribution is 2.33. The number of fused-ring (bicyclic) bond motifs is 4. The molecule has 0 spiro atoms. The number of likely N-dealkylation sites (tertiary alicyclic amines) is 4. The van der Waals surface area contributed by atoms with Gasteiger partial charge in [0, 0.05) is 190 Å². The Kier molecular flexibility index (Phi) is 34.6. The number of unbranched alkanes of at least 4 members (excludes halogenated alkanes) is 9. The van der Waals surface area contributed by atoms with Crippen molar-refractivity contribution in [3.05, 3.63) is 151 Å². The number of ether oxygens (including phenoxy) is 3. The van der Waals surface area contributed by atoms with Crippen LogP contribution in [0.1, 0.15) is 194 Å². The van der Waals surface area contributed by atoms with Gasteiger partial charge in [0.25, 0.3) is 11.1 Å². The average molecular weight is 1790 g/mol. The summed E-state index contributed by atoms with van der Waals surface area (Å²) in [5.41, 5.74) is 8.31. The number of nitrogens with zero attached hydrogens (tertiary/aromatic N) is 15. The van der Waals surface area contributed by atoms with Crippen LogP contribution in [0.3, 0.4) is 0 Å². The third kappa shape index (κ3) is 25.6. The van der Waals surface area contributed by atoms with Crippen LogP contribution in [0.5, 0.6) is 0 Å². The molecule has 14 rings (SSSR count). The van der Waals surface area contributed by atoms with Gasteiger partial charge in [0.1, 0.15) is 12.1 Å². The lowest BCUT2D eigenvalue weighted by Crippen LogP contribution is -2.60. The number of piperidine rings is 4. The SMILES string of the molecule is CCCCCCN(C)C(=O)OCn1ncc2cc(C[C@@H](NC(=O)N3CCC(c4cc5ccccc5[nH]c4=O)CC3)C(=O)N3CCN(C4CCN(C)CC4)CC3)cc(C)c21.CCCCCCN(C)C(=O)OCn1ncc2cc(C[C@@H](NC(=O)N3CCC(c4cc5ccccc5[nH]c4=O)CC3)C(=O)N3CCN(C4CC[N+](C)(COC(=O)N(C)CCCCCC)CC4)CC3)cc(C)c21. The smallest absolute Gasteiger partial charge is 0.413 e. The fraction of sp³-hybridized carbons (Fsp3) is 0.606. The number of piperazine rings is 2. The number of para-hydroxylation sites is 2. The molecule has 9 amide bonds. The molecule has 706 valence electrons. The molecule has 6 fully saturated rings. The van der Waals surface area contributed by atoms with Crippen LogP contribution in [0, 0.1) is 13.8 Å². The van der Waals surface area contributed by atoms with Crippen molar-refractivity contribution >= 4 is 85.8 Å². The second-order valence-electron chi connectivity index (χ2n) is 37.8. The van der Waals surface area contributed by atoms with E-state index in [1.807, 2.05) is 116 Å². The van der Waals surface area contributed by atoms with Crippen LogP contribution >= 0.6 is 0 Å². The van der Waals surface area contributed by atoms with Crippen molar-refractivity contribution in [2.24, 2.45) is 0 Å². The van der Waals surface area contributed by atoms with Crippen LogP contribution in [0.15, 0.2) is 107 Å². The van der Waals surface area contributed by atoms with Gasteiger partial charge in [0.05, 0.1) is 43.6 Å². The van der Waals surface area contributed by atoms with Crippen LogP contribution < -0.4 is 21.8 Å². The molecule has 10 heterocycles. The summed E-state index contributed by atoms with van der Waals surface area (Å²) in [5.74, 6) is -0.123. The molecule has 31 heteroatoms. The highest BCUT2D eigenvalue weighted by atomic mass is 16.6. The number of quaternary nitrogens is 1. The fourth-order valence-corrected chi connectivity index (χ4v) is 20.0. The zero-order valence-corrected chi connectivity index (χ0v) is 78.9. The molecule has 0 saturated carbocycles. The number of aryl methyl sites for hydroxylation is 2. The lowest BCUT2D eigenvalue weighted by Gasteiger charge is -2.45. The van der Waals surface area contributed by atoms with Crippen molar-refractivity contribution in [1.82, 2.24) is 89.2 Å². The normalized spacial score (nSPS) is 18.8. The molecule has 6 saturated heterocycles. The van der Waals surface area contributed by atoms with Gasteiger partial charge in [-0.2, -0.15) is 10.2 Å². The number of H-pyrrole nitrogens is 2. The number of aromatic nitrogens is 6. The van der Waals surface area contributed by atoms with Crippen molar-refractivity contribution in [2.45, 2.75) is 225 Å². The highest BCUT2D eigenvalue weighted by Gasteiger charge is 2.40. The molecule has 4 aromatic heterocycles. The summed E-state index contributed by atoms with van der Waals surface area (Å²) in [6, 6.07) is 26.4. The Bertz CT molecular complexity index is 5230. The van der Waals surface area contributed by atoms with Gasteiger partial charge in [0.2, 0.25) is 18.5 Å². The number of carbonyl (C=O) groups excluding carboxylic acids is 7. The Morgan fingerprint density at radius 3 is 1.22 bits per heavy atom. The van der Waals surface area contributed by atoms with Crippen molar-refractivity contribution < 1.29 is 52.3 Å². The van der Waals surface area contributed by atoms with E-state index >= 15 is 0 Å². The lowest BCUT2D eigenvalue weighted by molar-refractivity contribution is -0.930. The number of hydrogen-bond donors (Lipinski definition) is 4. The number of carbonyl (C=O) groups is 7. The monoisotopic (exact) mass is 1790 g/mol. The zero-order chi connectivity index (χ0) is 92.0. The van der Waals surface area contributed by atoms with E-state index in [2.05, 4.69) is 80.4 Å². The third-order valence-electron chi connectivity index (χ3n) is 28.1. The molecule has 4 N–H and O–H groups in total. The summed E-state index contributed by atoms with van der Waals surface area (Å²) >= 11 is 0. The molecule has 0 bridgehead atoms. The molecule has 31 nitrogen and oxygen atoms in total. The first kappa shape index (κ1) is 96.9. The summed E-state index contributed by atoms with van der Waals surface area (Å²) in [6.45, 7) is 24.2. The summed E-state index contributed by atoms with van der Waals surface area (Å²) in [4.78, 5) is 148. The third-order valence-corrected chi connectivity index (χ3v) is 28.1. The minimum Gasteiger partial charge on any atom is -0.426 e. The van der Waals surface area contributed by atoms with E-state index in [9.17, 15) is 43.2 Å². The molecule has 0 radical (unpaired) electrons. The molecule has 130 heavy (non-hydrogen) atoms. The minimum atomic E-state index is -0.818. The molecule has 0 aliphatic carbocycles. The van der Waals surface area contributed by atoms with Gasteiger partial charge in [-0.15, -0.1) is 0 Å². The lowest BCUT2D eigenvalue weighted by atomic mass is 9.89. The Morgan fingerprint density at radius 2 is 0.831 bits per heavy atom. The maximum Gasteiger partial charge on any atom is 0.413 e. The summed E-state index contributed by atoms with van der Waals surface area (Å²) < 4.78 is 21.2. The fourth-order valence-electron chi connectivity index (χ4n) is 20.0. The molecular weight excluding hydrogens is 1650 g/mol. The largest absolute Gasteiger partial charge is 0.426 e. The first-order chi connectivity index (χ1) is 62.8. The summed E-state index contributed by atoms with van der Waals surface area (Å²) in [6.07, 6.45) is 23.0. The predicted molar refractivity (Wildman–Crippen MR) is 508 cm³/mol. The topological polar surface area (TPSA) is 305 Å². The molecule has 6 aliphatic heterocycles. The van der Waals surface area contributed by atoms with Crippen LogP contribution in [0.4, 0.5) is 24.0 Å². The molecule has 2 atom stereocenters. The van der Waals surface area contributed by atoms with Crippen molar-refractivity contribution in [1.29, 1.82) is 0 Å². The van der Waals surface area contributed by atoms with E-state index in [1.165, 1.54) is 6.42 Å². The van der Waals surface area contributed by atoms with Gasteiger partial charge < -0.3 is 74.0 Å². The second kappa shape index (κ2) is 46.4. The van der Waals surface area contributed by atoms with Gasteiger partial charge in [0.15, 0.2) is 13.5 Å². The van der Waals surface area contributed by atoms with Crippen molar-refractivity contribution in [3.63, 3.8) is 0 Å². The number of urea groups is 2. The van der Waals surface area contributed by atoms with E-state index in [0.29, 0.717) is 127 Å². The standard InChI is InChI=1S/C54H80N10O7.C45H63N9O5/c1-7-9-11-15-23-58(4)53(68)70-38-63-49-40(3)33-41(34-44(49)37-55-63)35-48(57-52(67)62-25-19-42(20-26-62)46-36-43-17-13-14-18-47(43)56-50(46)65)51(66)61-29-27-60(28-30-61)45-21-31-64(6,32-22-45)39-71-54(69)59(5)24-16-12-10-8-2;1-5-6-7-10-17-50(4)45(58)59-31-54-41-32(2)26-33(27-36(41)30-46-54)28-40(43(56)52-24-22-51(23-25-52)37-15-18-49(3)19-16-37)48-44(57)53-20-13-34(14-21-53)38-29-35-11-8-9-12-39(35)47-42(38)55/h13-14,17-18,33-34,36-37,42,45,48H,7-12,15-16,19-32,35,38-39H2,1-6H3,(H-,56,57,65,67);8-9,11-12,26-27,29-30,34,37,40H,5-7,10,13-25,28,31H2,1-4H3,(H,47,55)(H,48,57)/p+1/t45?,48-,64?;40-/m11/s1. The van der Waals surface area contributed by atoms with Gasteiger partial charge in [-0.25, -0.2) is 33.3 Å². The predicted octanol–water partition coefficient (Wildman–Crippen LogP) is 13.2. The number of hydrogen-bond acceptors (Lipinski definition) is 17. The Labute approximate surface area is 766 Å². The van der Waals surface area contributed by atoms with E-state index in [-0.39, 0.29) is 78.9 Å². The Hall–Kier alpha value is -10.6. The zero-order valence-electron chi connectivity index (χ0n) is 78.9. The van der Waals surface area contributed by atoms with Gasteiger partial charge >= 0.3 is 30.3 Å². The first-order valence-corrected chi connectivity index (χ1v) is 48.3. The second-order valence-corrected chi connectivity index (χ2v) is 37.8. The number of nitrogens with one attached hydrogen (secondary N) is 4.